The molecule has 1 fully saturated rings. The van der Waals surface area contributed by atoms with Gasteiger partial charge < -0.3 is 10.1 Å². The third-order valence-electron chi connectivity index (χ3n) is 3.36. The van der Waals surface area contributed by atoms with Crippen molar-refractivity contribution in [3.05, 3.63) is 59.9 Å². The molecule has 2 aromatic carbocycles. The summed E-state index contributed by atoms with van der Waals surface area (Å²) in [5, 5.41) is 3.18. The van der Waals surface area contributed by atoms with Gasteiger partial charge in [0.25, 0.3) is 0 Å². The summed E-state index contributed by atoms with van der Waals surface area (Å²) in [4.78, 5) is 0. The zero-order valence-electron chi connectivity index (χ0n) is 10.6. The molecule has 1 heterocycles. The first-order valence-corrected chi connectivity index (χ1v) is 6.48. The second-order valence-electron chi connectivity index (χ2n) is 4.80. The highest BCUT2D eigenvalue weighted by atomic mass is 19.1. The Morgan fingerprint density at radius 1 is 0.947 bits per heavy atom. The predicted molar refractivity (Wildman–Crippen MR) is 73.3 cm³/mol. The fourth-order valence-corrected chi connectivity index (χ4v) is 2.03. The highest BCUT2D eigenvalue weighted by Gasteiger charge is 2.16. The molecule has 0 aliphatic carbocycles. The van der Waals surface area contributed by atoms with Crippen molar-refractivity contribution in [3.8, 4) is 11.1 Å². The smallest absolute Gasteiger partial charge is 0.123 e. The summed E-state index contributed by atoms with van der Waals surface area (Å²) in [6.07, 6.45) is 0.358. The monoisotopic (exact) mass is 257 g/mol. The van der Waals surface area contributed by atoms with E-state index in [9.17, 15) is 4.39 Å². The van der Waals surface area contributed by atoms with Gasteiger partial charge in [0.1, 0.15) is 5.82 Å². The molecule has 1 N–H and O–H groups in total. The number of benzene rings is 2. The topological polar surface area (TPSA) is 21.3 Å². The first-order chi connectivity index (χ1) is 9.31. The van der Waals surface area contributed by atoms with Gasteiger partial charge in [-0.2, -0.15) is 0 Å². The van der Waals surface area contributed by atoms with Crippen LogP contribution in [0.2, 0.25) is 0 Å². The van der Waals surface area contributed by atoms with E-state index in [1.54, 1.807) is 12.1 Å². The molecular weight excluding hydrogens is 241 g/mol. The van der Waals surface area contributed by atoms with Gasteiger partial charge in [-0.25, -0.2) is 4.39 Å². The van der Waals surface area contributed by atoms with Gasteiger partial charge in [-0.1, -0.05) is 36.4 Å². The average molecular weight is 257 g/mol. The first-order valence-electron chi connectivity index (χ1n) is 6.48. The maximum atomic E-state index is 12.9. The number of rotatable bonds is 4. The summed E-state index contributed by atoms with van der Waals surface area (Å²) in [6.45, 7) is 2.55. The van der Waals surface area contributed by atoms with Crippen LogP contribution in [0.4, 0.5) is 4.39 Å². The maximum Gasteiger partial charge on any atom is 0.123 e. The van der Waals surface area contributed by atoms with Gasteiger partial charge in [0.05, 0.1) is 12.7 Å². The van der Waals surface area contributed by atoms with E-state index in [1.807, 2.05) is 12.1 Å². The number of halogens is 1. The van der Waals surface area contributed by atoms with Crippen LogP contribution in [0.5, 0.6) is 0 Å². The zero-order chi connectivity index (χ0) is 13.1. The number of ether oxygens (including phenoxy) is 1. The molecule has 0 bridgehead atoms. The highest BCUT2D eigenvalue weighted by Crippen LogP contribution is 2.20. The van der Waals surface area contributed by atoms with E-state index in [4.69, 9.17) is 4.74 Å². The zero-order valence-corrected chi connectivity index (χ0v) is 10.6. The van der Waals surface area contributed by atoms with Crippen LogP contribution >= 0.6 is 0 Å². The molecule has 1 aliphatic heterocycles. The van der Waals surface area contributed by atoms with Gasteiger partial charge in [0.2, 0.25) is 0 Å². The molecule has 0 spiro atoms. The summed E-state index contributed by atoms with van der Waals surface area (Å²) < 4.78 is 18.6. The summed E-state index contributed by atoms with van der Waals surface area (Å²) in [5.41, 5.74) is 3.28. The quantitative estimate of drug-likeness (QED) is 0.909. The molecule has 3 heteroatoms. The number of nitrogens with one attached hydrogen (secondary N) is 1. The molecule has 1 aliphatic rings. The lowest BCUT2D eigenvalue weighted by Crippen LogP contribution is -2.48. The Morgan fingerprint density at radius 3 is 2.05 bits per heavy atom. The lowest BCUT2D eigenvalue weighted by atomic mass is 10.0. The van der Waals surface area contributed by atoms with Gasteiger partial charge in [0, 0.05) is 13.1 Å². The van der Waals surface area contributed by atoms with E-state index in [2.05, 4.69) is 17.4 Å². The Morgan fingerprint density at radius 2 is 1.53 bits per heavy atom. The molecule has 2 aromatic rings. The molecule has 0 amide bonds. The lowest BCUT2D eigenvalue weighted by Gasteiger charge is -2.27. The lowest BCUT2D eigenvalue weighted by molar-refractivity contribution is 0.00759. The molecule has 19 heavy (non-hydrogen) atoms. The molecule has 0 radical (unpaired) electrons. The summed E-state index contributed by atoms with van der Waals surface area (Å²) >= 11 is 0. The van der Waals surface area contributed by atoms with Gasteiger partial charge in [-0.3, -0.25) is 0 Å². The van der Waals surface area contributed by atoms with E-state index in [0.29, 0.717) is 12.7 Å². The van der Waals surface area contributed by atoms with Crippen LogP contribution in [-0.4, -0.2) is 19.2 Å². The van der Waals surface area contributed by atoms with Crippen LogP contribution in [0.25, 0.3) is 11.1 Å². The van der Waals surface area contributed by atoms with Crippen molar-refractivity contribution >= 4 is 0 Å². The third-order valence-corrected chi connectivity index (χ3v) is 3.36. The van der Waals surface area contributed by atoms with Crippen LogP contribution in [0.1, 0.15) is 5.56 Å². The van der Waals surface area contributed by atoms with Crippen molar-refractivity contribution in [1.29, 1.82) is 0 Å². The summed E-state index contributed by atoms with van der Waals surface area (Å²) in [7, 11) is 0. The van der Waals surface area contributed by atoms with Crippen LogP contribution in [0, 0.1) is 5.82 Å². The minimum absolute atomic E-state index is 0.206. The van der Waals surface area contributed by atoms with E-state index >= 15 is 0 Å². The molecular formula is C16H16FNO. The van der Waals surface area contributed by atoms with Gasteiger partial charge in [-0.05, 0) is 28.8 Å². The number of hydrogen-bond donors (Lipinski definition) is 1. The predicted octanol–water partition coefficient (Wildman–Crippen LogP) is 2.98. The Kier molecular flexibility index (Phi) is 3.58. The number of hydrogen-bond acceptors (Lipinski definition) is 2. The fourth-order valence-electron chi connectivity index (χ4n) is 2.03. The second kappa shape index (κ2) is 5.51. The van der Waals surface area contributed by atoms with E-state index in [-0.39, 0.29) is 5.82 Å². The van der Waals surface area contributed by atoms with E-state index < -0.39 is 0 Å². The first kappa shape index (κ1) is 12.3. The maximum absolute atomic E-state index is 12.9. The molecule has 0 unspecified atom stereocenters. The molecule has 0 saturated carbocycles. The molecule has 1 saturated heterocycles. The Labute approximate surface area is 112 Å². The molecule has 2 nitrogen and oxygen atoms in total. The summed E-state index contributed by atoms with van der Waals surface area (Å²) in [6, 6.07) is 14.8. The SMILES string of the molecule is Fc1ccc(-c2ccc(COC3CNC3)cc2)cc1. The Balaban J connectivity index is 1.65. The standard InChI is InChI=1S/C16H16FNO/c17-15-7-5-14(6-8-15)13-3-1-12(2-4-13)11-19-16-9-18-10-16/h1-8,16,18H,9-11H2. The van der Waals surface area contributed by atoms with Crippen molar-refractivity contribution in [2.24, 2.45) is 0 Å². The minimum atomic E-state index is -0.206. The Bertz CT molecular complexity index is 532. The molecule has 3 rings (SSSR count). The van der Waals surface area contributed by atoms with Crippen molar-refractivity contribution < 1.29 is 9.13 Å². The van der Waals surface area contributed by atoms with Gasteiger partial charge in [0.15, 0.2) is 0 Å². The Hall–Kier alpha value is -1.71. The molecule has 98 valence electrons. The van der Waals surface area contributed by atoms with Crippen LogP contribution in [0.3, 0.4) is 0 Å². The van der Waals surface area contributed by atoms with E-state index in [0.717, 1.165) is 29.8 Å². The second-order valence-corrected chi connectivity index (χ2v) is 4.80. The minimum Gasteiger partial charge on any atom is -0.371 e. The van der Waals surface area contributed by atoms with Crippen LogP contribution in [0.15, 0.2) is 48.5 Å². The van der Waals surface area contributed by atoms with E-state index in [1.165, 1.54) is 12.1 Å². The fraction of sp³-hybridized carbons (Fsp3) is 0.250. The largest absolute Gasteiger partial charge is 0.371 e. The van der Waals surface area contributed by atoms with Gasteiger partial charge in [-0.15, -0.1) is 0 Å². The molecule has 0 atom stereocenters. The van der Waals surface area contributed by atoms with Gasteiger partial charge >= 0.3 is 0 Å². The average Bonchev–Trinajstić information content (AvgIpc) is 2.39. The van der Waals surface area contributed by atoms with Crippen molar-refractivity contribution in [2.75, 3.05) is 13.1 Å². The summed E-state index contributed by atoms with van der Waals surface area (Å²) in [5.74, 6) is -0.206. The van der Waals surface area contributed by atoms with Crippen molar-refractivity contribution in [1.82, 2.24) is 5.32 Å². The third kappa shape index (κ3) is 3.00. The normalized spacial score (nSPS) is 15.2. The highest BCUT2D eigenvalue weighted by molar-refractivity contribution is 5.63. The molecule has 0 aromatic heterocycles. The van der Waals surface area contributed by atoms with Crippen LogP contribution < -0.4 is 5.32 Å². The van der Waals surface area contributed by atoms with Crippen molar-refractivity contribution in [3.63, 3.8) is 0 Å². The van der Waals surface area contributed by atoms with Crippen LogP contribution in [-0.2, 0) is 11.3 Å². The van der Waals surface area contributed by atoms with Crippen molar-refractivity contribution in [2.45, 2.75) is 12.7 Å².